The van der Waals surface area contributed by atoms with E-state index in [0.717, 1.165) is 28.9 Å². The van der Waals surface area contributed by atoms with Crippen molar-refractivity contribution in [2.75, 3.05) is 12.4 Å². The smallest absolute Gasteiger partial charge is 0.148 e. The Balaban J connectivity index is 2.93. The van der Waals surface area contributed by atoms with Crippen LogP contribution in [0, 0.1) is 12.7 Å². The number of anilines is 1. The van der Waals surface area contributed by atoms with Gasteiger partial charge < -0.3 is 5.32 Å². The molecule has 1 aromatic carbocycles. The van der Waals surface area contributed by atoms with Crippen molar-refractivity contribution in [2.24, 2.45) is 0 Å². The molecule has 1 heterocycles. The van der Waals surface area contributed by atoms with Crippen LogP contribution in [0.2, 0.25) is 0 Å². The third-order valence-electron chi connectivity index (χ3n) is 2.85. The van der Waals surface area contributed by atoms with Crippen LogP contribution >= 0.6 is 15.9 Å². The van der Waals surface area contributed by atoms with Gasteiger partial charge in [-0.15, -0.1) is 0 Å². The maximum atomic E-state index is 14.1. The highest BCUT2D eigenvalue weighted by Gasteiger charge is 2.14. The van der Waals surface area contributed by atoms with E-state index in [2.05, 4.69) is 26.2 Å². The topological polar surface area (TPSA) is 24.9 Å². The second kappa shape index (κ2) is 4.61. The second-order valence-corrected chi connectivity index (χ2v) is 4.83. The zero-order valence-corrected chi connectivity index (χ0v) is 11.7. The molecule has 0 saturated carbocycles. The summed E-state index contributed by atoms with van der Waals surface area (Å²) in [7, 11) is 1.80. The lowest BCUT2D eigenvalue weighted by Crippen LogP contribution is -1.99. The molecule has 0 aliphatic rings. The molecule has 0 fully saturated rings. The molecule has 0 bridgehead atoms. The molecule has 90 valence electrons. The van der Waals surface area contributed by atoms with Crippen LogP contribution in [0.25, 0.3) is 10.9 Å². The number of rotatable bonds is 2. The Morgan fingerprint density at radius 2 is 2.12 bits per heavy atom. The van der Waals surface area contributed by atoms with Gasteiger partial charge in [0.1, 0.15) is 5.82 Å². The molecule has 17 heavy (non-hydrogen) atoms. The zero-order chi connectivity index (χ0) is 12.6. The summed E-state index contributed by atoms with van der Waals surface area (Å²) in [6.07, 6.45) is 0.835. The zero-order valence-electron chi connectivity index (χ0n) is 10.1. The summed E-state index contributed by atoms with van der Waals surface area (Å²) in [6, 6.07) is 3.67. The average Bonchev–Trinajstić information content (AvgIpc) is 2.34. The van der Waals surface area contributed by atoms with Crippen LogP contribution in [-0.2, 0) is 6.42 Å². The van der Waals surface area contributed by atoms with Gasteiger partial charge in [0.25, 0.3) is 0 Å². The van der Waals surface area contributed by atoms with E-state index in [4.69, 9.17) is 0 Å². The van der Waals surface area contributed by atoms with E-state index < -0.39 is 0 Å². The molecule has 0 unspecified atom stereocenters. The third kappa shape index (κ3) is 2.02. The normalized spacial score (nSPS) is 10.9. The predicted octanol–water partition coefficient (Wildman–Crippen LogP) is 4.05. The SMILES string of the molecule is CCc1cc(NC)c2c(F)c(Br)cc(C)c2n1. The van der Waals surface area contributed by atoms with E-state index in [-0.39, 0.29) is 5.82 Å². The van der Waals surface area contributed by atoms with Crippen molar-refractivity contribution in [1.29, 1.82) is 0 Å². The van der Waals surface area contributed by atoms with Gasteiger partial charge in [-0.3, -0.25) is 4.98 Å². The van der Waals surface area contributed by atoms with Gasteiger partial charge in [0.15, 0.2) is 0 Å². The van der Waals surface area contributed by atoms with E-state index in [1.54, 1.807) is 13.1 Å². The first-order chi connectivity index (χ1) is 8.08. The number of fused-ring (bicyclic) bond motifs is 1. The first kappa shape index (κ1) is 12.3. The Kier molecular flexibility index (Phi) is 3.33. The Bertz CT molecular complexity index is 581. The first-order valence-electron chi connectivity index (χ1n) is 5.54. The van der Waals surface area contributed by atoms with Gasteiger partial charge in [0, 0.05) is 18.4 Å². The molecule has 1 N–H and O–H groups in total. The molecule has 0 saturated heterocycles. The van der Waals surface area contributed by atoms with Crippen molar-refractivity contribution in [3.05, 3.63) is 33.7 Å². The van der Waals surface area contributed by atoms with E-state index in [0.29, 0.717) is 9.86 Å². The van der Waals surface area contributed by atoms with Crippen molar-refractivity contribution in [1.82, 2.24) is 4.98 Å². The summed E-state index contributed by atoms with van der Waals surface area (Å²) in [5, 5.41) is 3.59. The largest absolute Gasteiger partial charge is 0.387 e. The number of aryl methyl sites for hydroxylation is 2. The van der Waals surface area contributed by atoms with Crippen LogP contribution in [0.5, 0.6) is 0 Å². The molecule has 2 aromatic rings. The van der Waals surface area contributed by atoms with Crippen molar-refractivity contribution in [3.8, 4) is 0 Å². The van der Waals surface area contributed by atoms with E-state index in [1.807, 2.05) is 19.9 Å². The summed E-state index contributed by atoms with van der Waals surface area (Å²) >= 11 is 3.24. The number of benzene rings is 1. The van der Waals surface area contributed by atoms with Gasteiger partial charge in [0.05, 0.1) is 15.4 Å². The quantitative estimate of drug-likeness (QED) is 0.904. The van der Waals surface area contributed by atoms with E-state index in [1.165, 1.54) is 0 Å². The molecule has 0 atom stereocenters. The highest BCUT2D eigenvalue weighted by molar-refractivity contribution is 9.10. The molecule has 0 aliphatic heterocycles. The lowest BCUT2D eigenvalue weighted by atomic mass is 10.1. The maximum absolute atomic E-state index is 14.1. The third-order valence-corrected chi connectivity index (χ3v) is 3.43. The van der Waals surface area contributed by atoms with Gasteiger partial charge in [-0.1, -0.05) is 6.92 Å². The summed E-state index contributed by atoms with van der Waals surface area (Å²) in [5.41, 5.74) is 3.45. The predicted molar refractivity (Wildman–Crippen MR) is 73.1 cm³/mol. The summed E-state index contributed by atoms with van der Waals surface area (Å²) in [5.74, 6) is -0.259. The number of halogens is 2. The highest BCUT2D eigenvalue weighted by atomic mass is 79.9. The van der Waals surface area contributed by atoms with Crippen molar-refractivity contribution >= 4 is 32.5 Å². The van der Waals surface area contributed by atoms with Gasteiger partial charge in [-0.25, -0.2) is 4.39 Å². The molecule has 0 amide bonds. The maximum Gasteiger partial charge on any atom is 0.148 e. The Morgan fingerprint density at radius 3 is 2.71 bits per heavy atom. The van der Waals surface area contributed by atoms with Crippen LogP contribution in [0.4, 0.5) is 10.1 Å². The van der Waals surface area contributed by atoms with Crippen molar-refractivity contribution in [2.45, 2.75) is 20.3 Å². The molecule has 2 rings (SSSR count). The number of hydrogen-bond acceptors (Lipinski definition) is 2. The number of nitrogens with one attached hydrogen (secondary N) is 1. The van der Waals surface area contributed by atoms with Crippen LogP contribution in [-0.4, -0.2) is 12.0 Å². The van der Waals surface area contributed by atoms with Crippen molar-refractivity contribution in [3.63, 3.8) is 0 Å². The lowest BCUT2D eigenvalue weighted by Gasteiger charge is -2.12. The molecule has 0 radical (unpaired) electrons. The summed E-state index contributed by atoms with van der Waals surface area (Å²) in [6.45, 7) is 3.98. The number of hydrogen-bond donors (Lipinski definition) is 1. The highest BCUT2D eigenvalue weighted by Crippen LogP contribution is 2.32. The van der Waals surface area contributed by atoms with E-state index in [9.17, 15) is 4.39 Å². The van der Waals surface area contributed by atoms with Crippen LogP contribution in [0.3, 0.4) is 0 Å². The Hall–Kier alpha value is -1.16. The van der Waals surface area contributed by atoms with Crippen LogP contribution < -0.4 is 5.32 Å². The van der Waals surface area contributed by atoms with Crippen LogP contribution in [0.1, 0.15) is 18.2 Å². The first-order valence-corrected chi connectivity index (χ1v) is 6.33. The van der Waals surface area contributed by atoms with E-state index >= 15 is 0 Å². The van der Waals surface area contributed by atoms with Gasteiger partial charge in [-0.05, 0) is 47.0 Å². The van der Waals surface area contributed by atoms with Crippen molar-refractivity contribution < 1.29 is 4.39 Å². The Morgan fingerprint density at radius 1 is 1.41 bits per heavy atom. The summed E-state index contributed by atoms with van der Waals surface area (Å²) < 4.78 is 14.6. The minimum Gasteiger partial charge on any atom is -0.387 e. The standard InChI is InChI=1S/C13H14BrFN2/c1-4-8-6-10(16-3)11-12(15)9(14)5-7(2)13(11)17-8/h5-6H,4H2,1-3H3,(H,16,17). The fourth-order valence-corrected chi connectivity index (χ4v) is 2.47. The molecular formula is C13H14BrFN2. The minimum atomic E-state index is -0.259. The fraction of sp³-hybridized carbons (Fsp3) is 0.308. The Labute approximate surface area is 108 Å². The molecule has 0 spiro atoms. The molecule has 2 nitrogen and oxygen atoms in total. The molecule has 0 aliphatic carbocycles. The average molecular weight is 297 g/mol. The molecule has 4 heteroatoms. The number of nitrogens with zero attached hydrogens (tertiary/aromatic N) is 1. The number of aromatic nitrogens is 1. The molecule has 1 aromatic heterocycles. The van der Waals surface area contributed by atoms with Gasteiger partial charge >= 0.3 is 0 Å². The summed E-state index contributed by atoms with van der Waals surface area (Å²) in [4.78, 5) is 4.50. The monoisotopic (exact) mass is 296 g/mol. The molecular weight excluding hydrogens is 283 g/mol. The van der Waals surface area contributed by atoms with Crippen LogP contribution in [0.15, 0.2) is 16.6 Å². The minimum absolute atomic E-state index is 0.259. The van der Waals surface area contributed by atoms with Gasteiger partial charge in [0.2, 0.25) is 0 Å². The fourth-order valence-electron chi connectivity index (χ4n) is 1.93. The lowest BCUT2D eigenvalue weighted by molar-refractivity contribution is 0.633. The van der Waals surface area contributed by atoms with Gasteiger partial charge in [-0.2, -0.15) is 0 Å². The second-order valence-electron chi connectivity index (χ2n) is 3.98. The number of pyridine rings is 1.